The van der Waals surface area contributed by atoms with Crippen LogP contribution in [0.15, 0.2) is 30.5 Å². The quantitative estimate of drug-likeness (QED) is 0.739. The van der Waals surface area contributed by atoms with Gasteiger partial charge in [0, 0.05) is 12.7 Å². The Morgan fingerprint density at radius 1 is 1.33 bits per heavy atom. The number of amides is 1. The van der Waals surface area contributed by atoms with Crippen LogP contribution in [-0.4, -0.2) is 17.4 Å². The van der Waals surface area contributed by atoms with Gasteiger partial charge in [-0.15, -0.1) is 0 Å². The van der Waals surface area contributed by atoms with Gasteiger partial charge in [0.05, 0.1) is 16.3 Å². The number of hydrogen-bond acceptors (Lipinski definition) is 2. The minimum atomic E-state index is -0.395. The van der Waals surface area contributed by atoms with Gasteiger partial charge in [0.25, 0.3) is 5.91 Å². The molecule has 2 aromatic rings. The molecule has 1 aromatic carbocycles. The van der Waals surface area contributed by atoms with Crippen molar-refractivity contribution in [2.45, 2.75) is 12.8 Å². The van der Waals surface area contributed by atoms with Crippen LogP contribution in [0.25, 0.3) is 0 Å². The Kier molecular flexibility index (Phi) is 3.83. The first-order valence-electron chi connectivity index (χ1n) is 6.48. The van der Waals surface area contributed by atoms with Crippen LogP contribution in [0.5, 0.6) is 0 Å². The van der Waals surface area contributed by atoms with Gasteiger partial charge in [-0.25, -0.2) is 9.37 Å². The van der Waals surface area contributed by atoms with E-state index in [1.807, 2.05) is 6.07 Å². The van der Waals surface area contributed by atoms with E-state index in [2.05, 4.69) is 4.98 Å². The fourth-order valence-electron chi connectivity index (χ4n) is 2.50. The Bertz CT molecular complexity index is 721. The largest absolute Gasteiger partial charge is 0.305 e. The van der Waals surface area contributed by atoms with Crippen LogP contribution in [0.2, 0.25) is 10.2 Å². The number of hydrogen-bond donors (Lipinski definition) is 0. The molecule has 2 heterocycles. The fraction of sp³-hybridized carbons (Fsp3) is 0.200. The number of anilines is 1. The summed E-state index contributed by atoms with van der Waals surface area (Å²) >= 11 is 11.6. The predicted molar refractivity (Wildman–Crippen MR) is 80.7 cm³/mol. The summed E-state index contributed by atoms with van der Waals surface area (Å²) in [5.41, 5.74) is 1.47. The zero-order valence-corrected chi connectivity index (χ0v) is 12.5. The summed E-state index contributed by atoms with van der Waals surface area (Å²) in [6.45, 7) is 0.465. The highest BCUT2D eigenvalue weighted by Crippen LogP contribution is 2.31. The number of pyridine rings is 1. The van der Waals surface area contributed by atoms with Crippen molar-refractivity contribution in [2.24, 2.45) is 0 Å². The lowest BCUT2D eigenvalue weighted by Crippen LogP contribution is -2.36. The summed E-state index contributed by atoms with van der Waals surface area (Å²) in [5, 5.41) is 0.340. The molecule has 0 aliphatic carbocycles. The minimum Gasteiger partial charge on any atom is -0.305 e. The molecule has 0 radical (unpaired) electrons. The normalized spacial score (nSPS) is 14.0. The van der Waals surface area contributed by atoms with Crippen LogP contribution < -0.4 is 4.90 Å². The Hall–Kier alpha value is -1.65. The molecule has 0 unspecified atom stereocenters. The lowest BCUT2D eigenvalue weighted by Gasteiger charge is -2.29. The topological polar surface area (TPSA) is 33.2 Å². The highest BCUT2D eigenvalue weighted by Gasteiger charge is 2.26. The van der Waals surface area contributed by atoms with Gasteiger partial charge in [-0.3, -0.25) is 4.79 Å². The van der Waals surface area contributed by atoms with E-state index in [0.717, 1.165) is 18.4 Å². The van der Waals surface area contributed by atoms with E-state index >= 15 is 0 Å². The van der Waals surface area contributed by atoms with E-state index in [9.17, 15) is 9.18 Å². The maximum absolute atomic E-state index is 14.1. The molecular formula is C15H11Cl2FN2O. The Morgan fingerprint density at radius 3 is 2.90 bits per heavy atom. The third-order valence-corrected chi connectivity index (χ3v) is 4.14. The van der Waals surface area contributed by atoms with Crippen molar-refractivity contribution in [1.82, 2.24) is 4.98 Å². The smallest absolute Gasteiger partial charge is 0.259 e. The number of halogens is 3. The molecule has 3 nitrogen and oxygen atoms in total. The summed E-state index contributed by atoms with van der Waals surface area (Å²) in [6.07, 6.45) is 2.90. The van der Waals surface area contributed by atoms with Crippen LogP contribution >= 0.6 is 23.2 Å². The maximum atomic E-state index is 14.1. The molecule has 1 aliphatic heterocycles. The average Bonchev–Trinajstić information content (AvgIpc) is 2.49. The van der Waals surface area contributed by atoms with Crippen LogP contribution in [-0.2, 0) is 6.42 Å². The number of rotatable bonds is 1. The highest BCUT2D eigenvalue weighted by atomic mass is 35.5. The summed E-state index contributed by atoms with van der Waals surface area (Å²) in [6, 6.07) is 6.31. The molecule has 0 saturated heterocycles. The molecule has 0 atom stereocenters. The van der Waals surface area contributed by atoms with Gasteiger partial charge in [0.2, 0.25) is 0 Å². The van der Waals surface area contributed by atoms with E-state index in [0.29, 0.717) is 17.8 Å². The first kappa shape index (κ1) is 14.3. The van der Waals surface area contributed by atoms with Gasteiger partial charge in [-0.05, 0) is 30.5 Å². The van der Waals surface area contributed by atoms with Crippen LogP contribution in [0.1, 0.15) is 22.3 Å². The molecule has 1 amide bonds. The van der Waals surface area contributed by atoms with Crippen molar-refractivity contribution in [2.75, 3.05) is 11.4 Å². The first-order chi connectivity index (χ1) is 10.1. The van der Waals surface area contributed by atoms with Crippen molar-refractivity contribution < 1.29 is 9.18 Å². The molecule has 6 heteroatoms. The van der Waals surface area contributed by atoms with Gasteiger partial charge < -0.3 is 4.90 Å². The molecule has 0 spiro atoms. The number of benzene rings is 1. The lowest BCUT2D eigenvalue weighted by atomic mass is 10.0. The minimum absolute atomic E-state index is 0.137. The summed E-state index contributed by atoms with van der Waals surface area (Å²) in [5.74, 6) is -0.722. The van der Waals surface area contributed by atoms with Crippen molar-refractivity contribution >= 4 is 34.8 Å². The number of fused-ring (bicyclic) bond motifs is 1. The number of carbonyl (C=O) groups excluding carboxylic acids is 1. The maximum Gasteiger partial charge on any atom is 0.259 e. The van der Waals surface area contributed by atoms with Crippen molar-refractivity contribution in [3.05, 3.63) is 57.6 Å². The van der Waals surface area contributed by atoms with E-state index in [1.54, 1.807) is 6.07 Å². The zero-order valence-electron chi connectivity index (χ0n) is 10.9. The number of carbonyl (C=O) groups is 1. The molecule has 108 valence electrons. The average molecular weight is 325 g/mol. The second-order valence-electron chi connectivity index (χ2n) is 4.80. The standard InChI is InChI=1S/C15H11Cl2FN2O/c16-11-7-10(8-19-14(11)17)15(21)20-6-2-4-9-3-1-5-12(18)13(9)20/h1,3,5,7-8H,2,4,6H2. The SMILES string of the molecule is O=C(c1cnc(Cl)c(Cl)c1)N1CCCc2cccc(F)c21. The lowest BCUT2D eigenvalue weighted by molar-refractivity contribution is 0.0984. The summed E-state index contributed by atoms with van der Waals surface area (Å²) in [7, 11) is 0. The van der Waals surface area contributed by atoms with E-state index in [4.69, 9.17) is 23.2 Å². The zero-order chi connectivity index (χ0) is 15.0. The van der Waals surface area contributed by atoms with Crippen LogP contribution in [0.3, 0.4) is 0 Å². The van der Waals surface area contributed by atoms with Crippen molar-refractivity contribution in [3.8, 4) is 0 Å². The van der Waals surface area contributed by atoms with Crippen molar-refractivity contribution in [3.63, 3.8) is 0 Å². The molecule has 0 bridgehead atoms. The number of para-hydroxylation sites is 1. The molecule has 0 saturated carbocycles. The molecule has 0 N–H and O–H groups in total. The predicted octanol–water partition coefficient (Wildman–Crippen LogP) is 4.12. The van der Waals surface area contributed by atoms with Gasteiger partial charge in [0.1, 0.15) is 11.0 Å². The number of aromatic nitrogens is 1. The Balaban J connectivity index is 2.02. The van der Waals surface area contributed by atoms with E-state index < -0.39 is 5.82 Å². The van der Waals surface area contributed by atoms with E-state index in [1.165, 1.54) is 23.2 Å². The molecule has 3 rings (SSSR count). The van der Waals surface area contributed by atoms with E-state index in [-0.39, 0.29) is 16.1 Å². The second kappa shape index (κ2) is 5.62. The Labute approximate surface area is 131 Å². The molecule has 1 aromatic heterocycles. The van der Waals surface area contributed by atoms with Gasteiger partial charge >= 0.3 is 0 Å². The fourth-order valence-corrected chi connectivity index (χ4v) is 2.77. The van der Waals surface area contributed by atoms with Gasteiger partial charge in [0.15, 0.2) is 0 Å². The van der Waals surface area contributed by atoms with Gasteiger partial charge in [-0.2, -0.15) is 0 Å². The third-order valence-electron chi connectivity index (χ3n) is 3.46. The van der Waals surface area contributed by atoms with Crippen LogP contribution in [0.4, 0.5) is 10.1 Å². The number of aryl methyl sites for hydroxylation is 1. The first-order valence-corrected chi connectivity index (χ1v) is 7.24. The third kappa shape index (κ3) is 2.61. The van der Waals surface area contributed by atoms with Crippen LogP contribution in [0, 0.1) is 5.82 Å². The number of nitrogens with zero attached hydrogens (tertiary/aromatic N) is 2. The molecule has 1 aliphatic rings. The molecule has 0 fully saturated rings. The highest BCUT2D eigenvalue weighted by molar-refractivity contribution is 6.41. The summed E-state index contributed by atoms with van der Waals surface area (Å²) in [4.78, 5) is 17.9. The Morgan fingerprint density at radius 2 is 2.14 bits per heavy atom. The molecular weight excluding hydrogens is 314 g/mol. The van der Waals surface area contributed by atoms with Crippen molar-refractivity contribution in [1.29, 1.82) is 0 Å². The summed E-state index contributed by atoms with van der Waals surface area (Å²) < 4.78 is 14.1. The monoisotopic (exact) mass is 324 g/mol. The molecule has 21 heavy (non-hydrogen) atoms. The van der Waals surface area contributed by atoms with Gasteiger partial charge in [-0.1, -0.05) is 35.3 Å². The second-order valence-corrected chi connectivity index (χ2v) is 5.57.